The minimum Gasteiger partial charge on any atom is -0.498 e. The van der Waals surface area contributed by atoms with Crippen molar-refractivity contribution < 1.29 is 34.4 Å². The summed E-state index contributed by atoms with van der Waals surface area (Å²) in [5.74, 6) is -4.31. The van der Waals surface area contributed by atoms with Crippen LogP contribution in [0.15, 0.2) is 11.8 Å². The van der Waals surface area contributed by atoms with E-state index in [-0.39, 0.29) is 18.4 Å². The minimum absolute atomic E-state index is 0.00495. The van der Waals surface area contributed by atoms with Crippen LogP contribution in [0.5, 0.6) is 0 Å². The van der Waals surface area contributed by atoms with Gasteiger partial charge in [-0.1, -0.05) is 12.8 Å². The van der Waals surface area contributed by atoms with E-state index in [1.807, 2.05) is 0 Å². The molecule has 3 atom stereocenters. The van der Waals surface area contributed by atoms with Gasteiger partial charge in [0.2, 0.25) is 0 Å². The molecule has 0 aromatic carbocycles. The second kappa shape index (κ2) is 7.29. The lowest BCUT2D eigenvalue weighted by Gasteiger charge is -2.39. The van der Waals surface area contributed by atoms with Gasteiger partial charge < -0.3 is 20.1 Å². The Morgan fingerprint density at radius 3 is 2.41 bits per heavy atom. The normalized spacial score (nSPS) is 27.0. The Kier molecular flexibility index (Phi) is 5.96. The van der Waals surface area contributed by atoms with Crippen molar-refractivity contribution in [2.24, 2.45) is 11.3 Å². The molecular formula is C15H22O7. The summed E-state index contributed by atoms with van der Waals surface area (Å²) in [4.78, 5) is 33.9. The largest absolute Gasteiger partial charge is 0.498 e. The maximum Gasteiger partial charge on any atom is 0.334 e. The Morgan fingerprint density at radius 1 is 1.27 bits per heavy atom. The first-order chi connectivity index (χ1) is 10.2. The third-order valence-corrected chi connectivity index (χ3v) is 4.22. The molecule has 1 fully saturated rings. The maximum atomic E-state index is 11.7. The fourth-order valence-corrected chi connectivity index (χ4v) is 3.02. The zero-order valence-corrected chi connectivity index (χ0v) is 12.7. The van der Waals surface area contributed by atoms with Crippen molar-refractivity contribution in [2.45, 2.75) is 52.1 Å². The summed E-state index contributed by atoms with van der Waals surface area (Å²) in [6, 6.07) is 0. The highest BCUT2D eigenvalue weighted by atomic mass is 16.5. The van der Waals surface area contributed by atoms with Gasteiger partial charge in [0.25, 0.3) is 0 Å². The Morgan fingerprint density at radius 2 is 1.91 bits per heavy atom. The number of aliphatic carboxylic acids is 3. The average molecular weight is 314 g/mol. The number of hydrogen-bond acceptors (Lipinski definition) is 4. The molecule has 3 unspecified atom stereocenters. The molecule has 22 heavy (non-hydrogen) atoms. The summed E-state index contributed by atoms with van der Waals surface area (Å²) in [6.07, 6.45) is 2.48. The van der Waals surface area contributed by atoms with Crippen LogP contribution in [0.2, 0.25) is 0 Å². The molecule has 0 heterocycles. The van der Waals surface area contributed by atoms with Gasteiger partial charge in [0, 0.05) is 6.42 Å². The van der Waals surface area contributed by atoms with E-state index >= 15 is 0 Å². The van der Waals surface area contributed by atoms with E-state index < -0.39 is 35.3 Å². The Balaban J connectivity index is 2.91. The second-order valence-corrected chi connectivity index (χ2v) is 5.85. The number of carboxylic acid groups (broad SMARTS) is 3. The molecule has 7 heteroatoms. The zero-order valence-electron chi connectivity index (χ0n) is 12.7. The van der Waals surface area contributed by atoms with Crippen molar-refractivity contribution in [3.63, 3.8) is 0 Å². The summed E-state index contributed by atoms with van der Waals surface area (Å²) >= 11 is 0. The van der Waals surface area contributed by atoms with E-state index in [1.54, 1.807) is 6.92 Å². The van der Waals surface area contributed by atoms with E-state index in [2.05, 4.69) is 0 Å². The third-order valence-electron chi connectivity index (χ3n) is 4.22. The number of rotatable bonds is 7. The van der Waals surface area contributed by atoms with Gasteiger partial charge in [0.05, 0.1) is 29.3 Å². The van der Waals surface area contributed by atoms with Crippen molar-refractivity contribution in [3.05, 3.63) is 11.8 Å². The second-order valence-electron chi connectivity index (χ2n) is 5.85. The third kappa shape index (κ3) is 3.99. The van der Waals surface area contributed by atoms with E-state index in [4.69, 9.17) is 9.84 Å². The van der Waals surface area contributed by atoms with Crippen LogP contribution in [0.4, 0.5) is 0 Å². The fourth-order valence-electron chi connectivity index (χ4n) is 3.02. The quantitative estimate of drug-likeness (QED) is 0.486. The van der Waals surface area contributed by atoms with Gasteiger partial charge in [-0.05, 0) is 26.7 Å². The lowest BCUT2D eigenvalue weighted by Crippen LogP contribution is -2.46. The predicted molar refractivity (Wildman–Crippen MR) is 76.2 cm³/mol. The van der Waals surface area contributed by atoms with Crippen LogP contribution < -0.4 is 0 Å². The molecule has 1 rings (SSSR count). The molecule has 0 amide bonds. The van der Waals surface area contributed by atoms with Crippen LogP contribution >= 0.6 is 0 Å². The molecular weight excluding hydrogens is 292 g/mol. The number of carboxylic acids is 3. The van der Waals surface area contributed by atoms with Gasteiger partial charge >= 0.3 is 17.9 Å². The molecule has 0 saturated heterocycles. The van der Waals surface area contributed by atoms with Gasteiger partial charge in [-0.2, -0.15) is 0 Å². The molecule has 0 radical (unpaired) electrons. The van der Waals surface area contributed by atoms with Crippen LogP contribution in [0.25, 0.3) is 0 Å². The van der Waals surface area contributed by atoms with Crippen LogP contribution in [0.3, 0.4) is 0 Å². The highest BCUT2D eigenvalue weighted by Crippen LogP contribution is 2.45. The van der Waals surface area contributed by atoms with Crippen molar-refractivity contribution in [1.82, 2.24) is 0 Å². The number of hydrogen-bond donors (Lipinski definition) is 3. The smallest absolute Gasteiger partial charge is 0.334 e. The molecule has 1 aliphatic rings. The van der Waals surface area contributed by atoms with Gasteiger partial charge in [-0.15, -0.1) is 0 Å². The summed E-state index contributed by atoms with van der Waals surface area (Å²) in [6.45, 7) is 2.98. The Labute approximate surface area is 128 Å². The molecule has 0 spiro atoms. The summed E-state index contributed by atoms with van der Waals surface area (Å²) < 4.78 is 5.27. The fraction of sp³-hybridized carbons (Fsp3) is 0.667. The van der Waals surface area contributed by atoms with Gasteiger partial charge in [-0.3, -0.25) is 9.59 Å². The minimum atomic E-state index is -1.37. The van der Waals surface area contributed by atoms with E-state index in [0.29, 0.717) is 19.3 Å². The molecule has 0 aromatic heterocycles. The van der Waals surface area contributed by atoms with Crippen molar-refractivity contribution in [3.8, 4) is 0 Å². The molecule has 0 aromatic rings. The zero-order chi connectivity index (χ0) is 16.9. The number of ether oxygens (including phenoxy) is 1. The molecule has 1 saturated carbocycles. The van der Waals surface area contributed by atoms with Gasteiger partial charge in [0.15, 0.2) is 0 Å². The average Bonchev–Trinajstić information content (AvgIpc) is 2.44. The highest BCUT2D eigenvalue weighted by molar-refractivity contribution is 5.85. The van der Waals surface area contributed by atoms with E-state index in [0.717, 1.165) is 6.26 Å². The van der Waals surface area contributed by atoms with Crippen molar-refractivity contribution in [1.29, 1.82) is 0 Å². The van der Waals surface area contributed by atoms with Gasteiger partial charge in [-0.25, -0.2) is 4.79 Å². The van der Waals surface area contributed by atoms with Crippen LogP contribution in [0.1, 0.15) is 46.0 Å². The lowest BCUT2D eigenvalue weighted by atomic mass is 9.63. The molecule has 7 nitrogen and oxygen atoms in total. The van der Waals surface area contributed by atoms with E-state index in [9.17, 15) is 24.6 Å². The predicted octanol–water partition coefficient (Wildman–Crippen LogP) is 2.12. The first kappa shape index (κ1) is 18.0. The van der Waals surface area contributed by atoms with Gasteiger partial charge in [0.1, 0.15) is 0 Å². The Bertz CT molecular complexity index is 482. The lowest BCUT2D eigenvalue weighted by molar-refractivity contribution is -0.168. The standard InChI is InChI=1S/C15H22O7/c1-9(12(16)17)8-22-10(2)7-15(14(20)21)6-4-3-5-11(15)13(18)19/h8,10-11H,3-7H2,1-2H3,(H,16,17)(H,18,19)(H,20,21). The van der Waals surface area contributed by atoms with E-state index in [1.165, 1.54) is 6.92 Å². The van der Waals surface area contributed by atoms with Crippen molar-refractivity contribution in [2.75, 3.05) is 0 Å². The topological polar surface area (TPSA) is 121 Å². The summed E-state index contributed by atoms with van der Waals surface area (Å²) in [7, 11) is 0. The van der Waals surface area contributed by atoms with Crippen LogP contribution in [-0.2, 0) is 19.1 Å². The van der Waals surface area contributed by atoms with Crippen LogP contribution in [0, 0.1) is 11.3 Å². The van der Waals surface area contributed by atoms with Crippen molar-refractivity contribution >= 4 is 17.9 Å². The molecule has 0 aliphatic heterocycles. The highest BCUT2D eigenvalue weighted by Gasteiger charge is 2.51. The Hall–Kier alpha value is -2.05. The SMILES string of the molecule is CC(=COC(C)CC1(C(=O)O)CCCCC1C(=O)O)C(=O)O. The number of carbonyl (C=O) groups is 3. The molecule has 124 valence electrons. The molecule has 1 aliphatic carbocycles. The summed E-state index contributed by atoms with van der Waals surface area (Å²) in [5, 5.41) is 27.7. The monoisotopic (exact) mass is 314 g/mol. The summed E-state index contributed by atoms with van der Waals surface area (Å²) in [5.41, 5.74) is -1.37. The first-order valence-corrected chi connectivity index (χ1v) is 7.22. The molecule has 0 bridgehead atoms. The van der Waals surface area contributed by atoms with Crippen LogP contribution in [-0.4, -0.2) is 39.3 Å². The molecule has 3 N–H and O–H groups in total. The maximum absolute atomic E-state index is 11.7. The first-order valence-electron chi connectivity index (χ1n) is 7.22.